The monoisotopic (exact) mass is 363 g/mol. The SMILES string of the molecule is NC(Cc1cnc[nH]1)C(=O)[O-].NC(Cc1cnc[nH]1)C(=O)[O-].[Mn+2]. The van der Waals surface area contributed by atoms with E-state index in [0.717, 1.165) is 0 Å². The third-order valence-corrected chi connectivity index (χ3v) is 2.59. The molecule has 6 N–H and O–H groups in total. The van der Waals surface area contributed by atoms with Gasteiger partial charge in [-0.3, -0.25) is 0 Å². The Bertz CT molecular complexity index is 522. The molecule has 2 heterocycles. The first-order valence-corrected chi connectivity index (χ1v) is 6.27. The summed E-state index contributed by atoms with van der Waals surface area (Å²) in [6.07, 6.45) is 6.45. The Morgan fingerprint density at radius 2 is 1.30 bits per heavy atom. The van der Waals surface area contributed by atoms with E-state index in [1.807, 2.05) is 0 Å². The van der Waals surface area contributed by atoms with Gasteiger partial charge in [0, 0.05) is 48.7 Å². The van der Waals surface area contributed by atoms with Gasteiger partial charge in [0.25, 0.3) is 0 Å². The van der Waals surface area contributed by atoms with Crippen molar-refractivity contribution in [3.05, 3.63) is 36.4 Å². The van der Waals surface area contributed by atoms with E-state index in [4.69, 9.17) is 11.5 Å². The molecule has 10 nitrogen and oxygen atoms in total. The van der Waals surface area contributed by atoms with Gasteiger partial charge in [0.05, 0.1) is 24.6 Å². The van der Waals surface area contributed by atoms with Crippen LogP contribution in [0.1, 0.15) is 11.4 Å². The summed E-state index contributed by atoms with van der Waals surface area (Å²) < 4.78 is 0. The van der Waals surface area contributed by atoms with Crippen molar-refractivity contribution < 1.29 is 36.9 Å². The molecule has 0 saturated heterocycles. The van der Waals surface area contributed by atoms with Crippen molar-refractivity contribution in [2.24, 2.45) is 11.5 Å². The van der Waals surface area contributed by atoms with Crippen molar-refractivity contribution in [2.45, 2.75) is 24.9 Å². The third-order valence-electron chi connectivity index (χ3n) is 2.59. The Morgan fingerprint density at radius 3 is 1.52 bits per heavy atom. The molecule has 2 rings (SSSR count). The molecule has 125 valence electrons. The number of hydrogen-bond acceptors (Lipinski definition) is 8. The van der Waals surface area contributed by atoms with Gasteiger partial charge in [0.2, 0.25) is 0 Å². The minimum absolute atomic E-state index is 0. The summed E-state index contributed by atoms with van der Waals surface area (Å²) in [7, 11) is 0. The molecule has 0 aliphatic heterocycles. The van der Waals surface area contributed by atoms with E-state index in [0.29, 0.717) is 11.4 Å². The van der Waals surface area contributed by atoms with E-state index in [1.54, 1.807) is 0 Å². The van der Waals surface area contributed by atoms with E-state index in [9.17, 15) is 19.8 Å². The first-order chi connectivity index (χ1) is 10.4. The van der Waals surface area contributed by atoms with Crippen LogP contribution >= 0.6 is 0 Å². The van der Waals surface area contributed by atoms with Crippen LogP contribution in [0.4, 0.5) is 0 Å². The van der Waals surface area contributed by atoms with Crippen LogP contribution in [0, 0.1) is 0 Å². The van der Waals surface area contributed by atoms with Crippen molar-refractivity contribution in [3.63, 3.8) is 0 Å². The third kappa shape index (κ3) is 8.12. The number of carboxylic acids is 2. The first kappa shape index (κ1) is 20.8. The molecule has 0 aromatic carbocycles. The smallest absolute Gasteiger partial charge is 0.548 e. The zero-order chi connectivity index (χ0) is 16.5. The summed E-state index contributed by atoms with van der Waals surface area (Å²) in [5, 5.41) is 20.3. The number of aliphatic carboxylic acids is 2. The zero-order valence-corrected chi connectivity index (χ0v) is 13.1. The molecule has 0 spiro atoms. The molecule has 0 fully saturated rings. The number of carboxylic acid groups (broad SMARTS) is 2. The van der Waals surface area contributed by atoms with Gasteiger partial charge in [-0.2, -0.15) is 0 Å². The number of H-pyrrole nitrogens is 2. The van der Waals surface area contributed by atoms with Crippen LogP contribution in [0.3, 0.4) is 0 Å². The Labute approximate surface area is 142 Å². The van der Waals surface area contributed by atoms with E-state index in [1.165, 1.54) is 25.0 Å². The Kier molecular flexibility index (Phi) is 9.51. The summed E-state index contributed by atoms with van der Waals surface area (Å²) in [6.45, 7) is 0. The summed E-state index contributed by atoms with van der Waals surface area (Å²) in [4.78, 5) is 33.2. The van der Waals surface area contributed by atoms with Crippen molar-refractivity contribution >= 4 is 11.9 Å². The van der Waals surface area contributed by atoms with E-state index in [-0.39, 0.29) is 29.9 Å². The first-order valence-electron chi connectivity index (χ1n) is 6.27. The number of nitrogens with zero attached hydrogens (tertiary/aromatic N) is 2. The molecular formula is C12H16MnN6O4. The number of rotatable bonds is 6. The number of imidazole rings is 2. The van der Waals surface area contributed by atoms with Crippen molar-refractivity contribution in [1.82, 2.24) is 19.9 Å². The predicted molar refractivity (Wildman–Crippen MR) is 70.5 cm³/mol. The van der Waals surface area contributed by atoms with Crippen LogP contribution in [-0.4, -0.2) is 44.0 Å². The van der Waals surface area contributed by atoms with E-state index >= 15 is 0 Å². The fourth-order valence-corrected chi connectivity index (χ4v) is 1.43. The van der Waals surface area contributed by atoms with Gasteiger partial charge in [-0.15, -0.1) is 0 Å². The number of aromatic nitrogens is 4. The second kappa shape index (κ2) is 10.5. The quantitative estimate of drug-likeness (QED) is 0.374. The molecule has 2 atom stereocenters. The molecule has 2 unspecified atom stereocenters. The number of aromatic amines is 2. The molecule has 0 aliphatic carbocycles. The maximum atomic E-state index is 10.2. The minimum atomic E-state index is -1.25. The summed E-state index contributed by atoms with van der Waals surface area (Å²) >= 11 is 0. The van der Waals surface area contributed by atoms with E-state index in [2.05, 4.69) is 19.9 Å². The van der Waals surface area contributed by atoms with Crippen molar-refractivity contribution in [1.29, 1.82) is 0 Å². The van der Waals surface area contributed by atoms with Crippen molar-refractivity contribution in [2.75, 3.05) is 0 Å². The summed E-state index contributed by atoms with van der Waals surface area (Å²) in [5.41, 5.74) is 11.8. The topological polar surface area (TPSA) is 190 Å². The fourth-order valence-electron chi connectivity index (χ4n) is 1.43. The largest absolute Gasteiger partial charge is 2.00 e. The predicted octanol–water partition coefficient (Wildman–Crippen LogP) is -3.94. The molecule has 0 aliphatic rings. The second-order valence-electron chi connectivity index (χ2n) is 4.41. The number of nitrogens with two attached hydrogens (primary N) is 2. The standard InChI is InChI=1S/2C6H9N3O2.Mn/c2*7-5(6(10)11)1-4-2-8-3-9-4;/h2*2-3,5H,1,7H2,(H,8,9)(H,10,11);/q;;+2/p-2. The number of carbonyl (C=O) groups is 2. The maximum absolute atomic E-state index is 10.2. The minimum Gasteiger partial charge on any atom is -0.548 e. The van der Waals surface area contributed by atoms with Gasteiger partial charge in [-0.05, 0) is 0 Å². The Balaban J connectivity index is 0.000000403. The van der Waals surface area contributed by atoms with E-state index < -0.39 is 24.0 Å². The number of carbonyl (C=O) groups excluding carboxylic acids is 2. The molecule has 23 heavy (non-hydrogen) atoms. The summed E-state index contributed by atoms with van der Waals surface area (Å²) in [5.74, 6) is -2.50. The van der Waals surface area contributed by atoms with Gasteiger partial charge < -0.3 is 41.2 Å². The van der Waals surface area contributed by atoms with Crippen LogP contribution in [0.5, 0.6) is 0 Å². The van der Waals surface area contributed by atoms with Gasteiger partial charge in [-0.25, -0.2) is 9.97 Å². The van der Waals surface area contributed by atoms with Crippen LogP contribution < -0.4 is 21.7 Å². The fraction of sp³-hybridized carbons (Fsp3) is 0.333. The average Bonchev–Trinajstić information content (AvgIpc) is 3.12. The zero-order valence-electron chi connectivity index (χ0n) is 11.9. The van der Waals surface area contributed by atoms with Gasteiger partial charge in [0.1, 0.15) is 0 Å². The molecule has 2 aromatic heterocycles. The molecule has 2 aromatic rings. The molecule has 0 saturated carbocycles. The molecule has 11 heteroatoms. The molecule has 0 amide bonds. The second-order valence-corrected chi connectivity index (χ2v) is 4.41. The van der Waals surface area contributed by atoms with Gasteiger partial charge >= 0.3 is 17.1 Å². The van der Waals surface area contributed by atoms with Crippen molar-refractivity contribution in [3.8, 4) is 0 Å². The Hall–Kier alpha value is -2.20. The van der Waals surface area contributed by atoms with Crippen LogP contribution in [0.25, 0.3) is 0 Å². The molecule has 1 radical (unpaired) electrons. The summed E-state index contributed by atoms with van der Waals surface area (Å²) in [6, 6.07) is -1.93. The van der Waals surface area contributed by atoms with Gasteiger partial charge in [0.15, 0.2) is 0 Å². The number of nitrogens with one attached hydrogen (secondary N) is 2. The van der Waals surface area contributed by atoms with Gasteiger partial charge in [-0.1, -0.05) is 0 Å². The maximum Gasteiger partial charge on any atom is 2.00 e. The Morgan fingerprint density at radius 1 is 0.957 bits per heavy atom. The number of hydrogen-bond donors (Lipinski definition) is 4. The average molecular weight is 363 g/mol. The normalized spacial score (nSPS) is 12.3. The van der Waals surface area contributed by atoms with Crippen LogP contribution in [0.2, 0.25) is 0 Å². The van der Waals surface area contributed by atoms with Crippen LogP contribution in [0.15, 0.2) is 25.0 Å². The molecular weight excluding hydrogens is 347 g/mol. The molecule has 0 bridgehead atoms. The van der Waals surface area contributed by atoms with Crippen LogP contribution in [-0.2, 0) is 39.5 Å².